The van der Waals surface area contributed by atoms with Gasteiger partial charge in [0.1, 0.15) is 0 Å². The second-order valence-corrected chi connectivity index (χ2v) is 5.69. The van der Waals surface area contributed by atoms with E-state index in [1.165, 1.54) is 5.01 Å². The standard InChI is InChI=1S/C16H14N2OS/c1-11-5-7-13(8-6-11)18-16(19)15(12(2)17-18)10-14-4-3-9-20-14/h3-10H,1-2H3/b15-10-. The smallest absolute Gasteiger partial charge is 0.267 e. The Balaban J connectivity index is 1.94. The van der Waals surface area contributed by atoms with Gasteiger partial charge in [-0.05, 0) is 43.5 Å². The molecule has 3 nitrogen and oxygen atoms in total. The lowest BCUT2D eigenvalue weighted by atomic mass is 10.1. The average molecular weight is 282 g/mol. The summed E-state index contributed by atoms with van der Waals surface area (Å²) < 4.78 is 0. The van der Waals surface area contributed by atoms with Crippen LogP contribution in [0.25, 0.3) is 6.08 Å². The van der Waals surface area contributed by atoms with Crippen molar-refractivity contribution in [1.29, 1.82) is 0 Å². The van der Waals surface area contributed by atoms with Crippen LogP contribution in [0.5, 0.6) is 0 Å². The maximum atomic E-state index is 12.5. The van der Waals surface area contributed by atoms with E-state index in [1.807, 2.05) is 61.7 Å². The molecular weight excluding hydrogens is 268 g/mol. The summed E-state index contributed by atoms with van der Waals surface area (Å²) in [5, 5.41) is 7.83. The maximum Gasteiger partial charge on any atom is 0.280 e. The van der Waals surface area contributed by atoms with Gasteiger partial charge in [0.15, 0.2) is 0 Å². The Hall–Kier alpha value is -2.20. The second-order valence-electron chi connectivity index (χ2n) is 4.71. The van der Waals surface area contributed by atoms with Gasteiger partial charge in [-0.3, -0.25) is 4.79 Å². The number of hydrazone groups is 1. The van der Waals surface area contributed by atoms with Gasteiger partial charge in [0, 0.05) is 4.88 Å². The summed E-state index contributed by atoms with van der Waals surface area (Å²) in [7, 11) is 0. The number of rotatable bonds is 2. The van der Waals surface area contributed by atoms with Crippen molar-refractivity contribution < 1.29 is 4.79 Å². The molecule has 0 saturated carbocycles. The third kappa shape index (κ3) is 2.30. The van der Waals surface area contributed by atoms with Crippen LogP contribution in [0.4, 0.5) is 5.69 Å². The summed E-state index contributed by atoms with van der Waals surface area (Å²) in [5.41, 5.74) is 3.38. The number of aryl methyl sites for hydroxylation is 1. The summed E-state index contributed by atoms with van der Waals surface area (Å²) in [6, 6.07) is 11.8. The molecule has 2 aromatic rings. The molecule has 2 heterocycles. The van der Waals surface area contributed by atoms with Crippen molar-refractivity contribution in [3.63, 3.8) is 0 Å². The van der Waals surface area contributed by atoms with E-state index in [-0.39, 0.29) is 5.91 Å². The number of thiophene rings is 1. The highest BCUT2D eigenvalue weighted by Gasteiger charge is 2.28. The monoisotopic (exact) mass is 282 g/mol. The van der Waals surface area contributed by atoms with Gasteiger partial charge in [0.05, 0.1) is 17.0 Å². The molecule has 1 aromatic heterocycles. The molecule has 0 N–H and O–H groups in total. The highest BCUT2D eigenvalue weighted by atomic mass is 32.1. The first kappa shape index (κ1) is 12.8. The molecule has 0 aliphatic carbocycles. The zero-order chi connectivity index (χ0) is 14.1. The third-order valence-electron chi connectivity index (χ3n) is 3.17. The number of carbonyl (C=O) groups is 1. The van der Waals surface area contributed by atoms with Crippen LogP contribution in [0.1, 0.15) is 17.4 Å². The summed E-state index contributed by atoms with van der Waals surface area (Å²) in [6.45, 7) is 3.89. The van der Waals surface area contributed by atoms with Crippen molar-refractivity contribution in [1.82, 2.24) is 0 Å². The number of carbonyl (C=O) groups excluding carboxylic acids is 1. The predicted octanol–water partition coefficient (Wildman–Crippen LogP) is 3.86. The van der Waals surface area contributed by atoms with Gasteiger partial charge in [-0.25, -0.2) is 0 Å². The number of anilines is 1. The van der Waals surface area contributed by atoms with Crippen molar-refractivity contribution in [3.05, 3.63) is 57.8 Å². The molecule has 1 aliphatic heterocycles. The van der Waals surface area contributed by atoms with Crippen molar-refractivity contribution in [2.75, 3.05) is 5.01 Å². The SMILES string of the molecule is CC1=NN(c2ccc(C)cc2)C(=O)/C1=C\c1cccs1. The lowest BCUT2D eigenvalue weighted by Gasteiger charge is -2.11. The highest BCUT2D eigenvalue weighted by molar-refractivity contribution is 7.10. The molecule has 1 aromatic carbocycles. The number of nitrogens with zero attached hydrogens (tertiary/aromatic N) is 2. The Labute approximate surface area is 121 Å². The van der Waals surface area contributed by atoms with Gasteiger partial charge in [0.25, 0.3) is 5.91 Å². The van der Waals surface area contributed by atoms with Gasteiger partial charge in [-0.1, -0.05) is 23.8 Å². The minimum atomic E-state index is -0.0697. The topological polar surface area (TPSA) is 32.7 Å². The third-order valence-corrected chi connectivity index (χ3v) is 3.99. The zero-order valence-corrected chi connectivity index (χ0v) is 12.1. The van der Waals surface area contributed by atoms with Gasteiger partial charge in [0.2, 0.25) is 0 Å². The van der Waals surface area contributed by atoms with Crippen molar-refractivity contribution in [3.8, 4) is 0 Å². The first-order valence-electron chi connectivity index (χ1n) is 6.37. The van der Waals surface area contributed by atoms with E-state index in [4.69, 9.17) is 0 Å². The van der Waals surface area contributed by atoms with Crippen LogP contribution in [0, 0.1) is 6.92 Å². The Morgan fingerprint density at radius 1 is 1.15 bits per heavy atom. The Bertz CT molecular complexity index is 697. The molecule has 1 amide bonds. The fourth-order valence-corrected chi connectivity index (χ4v) is 2.72. The van der Waals surface area contributed by atoms with E-state index in [1.54, 1.807) is 11.3 Å². The molecule has 0 radical (unpaired) electrons. The minimum Gasteiger partial charge on any atom is -0.267 e. The van der Waals surface area contributed by atoms with Crippen LogP contribution >= 0.6 is 11.3 Å². The van der Waals surface area contributed by atoms with Gasteiger partial charge in [-0.15, -0.1) is 11.3 Å². The first-order valence-corrected chi connectivity index (χ1v) is 7.25. The maximum absolute atomic E-state index is 12.5. The summed E-state index contributed by atoms with van der Waals surface area (Å²) in [4.78, 5) is 13.5. The number of hydrogen-bond donors (Lipinski definition) is 0. The van der Waals surface area contributed by atoms with E-state index in [0.29, 0.717) is 5.57 Å². The van der Waals surface area contributed by atoms with Crippen molar-refractivity contribution in [2.24, 2.45) is 5.10 Å². The second kappa shape index (κ2) is 5.06. The predicted molar refractivity (Wildman–Crippen MR) is 84.1 cm³/mol. The van der Waals surface area contributed by atoms with Crippen LogP contribution in [-0.4, -0.2) is 11.6 Å². The van der Waals surface area contributed by atoms with Crippen LogP contribution in [0.2, 0.25) is 0 Å². The van der Waals surface area contributed by atoms with E-state index >= 15 is 0 Å². The Morgan fingerprint density at radius 3 is 2.55 bits per heavy atom. The number of benzene rings is 1. The lowest BCUT2D eigenvalue weighted by molar-refractivity contribution is -0.114. The molecule has 0 atom stereocenters. The lowest BCUT2D eigenvalue weighted by Crippen LogP contribution is -2.21. The Kier molecular flexibility index (Phi) is 3.24. The molecule has 100 valence electrons. The molecule has 0 spiro atoms. The zero-order valence-electron chi connectivity index (χ0n) is 11.3. The largest absolute Gasteiger partial charge is 0.280 e. The fraction of sp³-hybridized carbons (Fsp3) is 0.125. The van der Waals surface area contributed by atoms with E-state index in [9.17, 15) is 4.79 Å². The van der Waals surface area contributed by atoms with Crippen molar-refractivity contribution in [2.45, 2.75) is 13.8 Å². The average Bonchev–Trinajstić information content (AvgIpc) is 3.04. The van der Waals surface area contributed by atoms with Crippen LogP contribution < -0.4 is 5.01 Å². The number of amides is 1. The van der Waals surface area contributed by atoms with Crippen LogP contribution in [0.15, 0.2) is 52.5 Å². The minimum absolute atomic E-state index is 0.0697. The van der Waals surface area contributed by atoms with Crippen molar-refractivity contribution >= 4 is 34.7 Å². The summed E-state index contributed by atoms with van der Waals surface area (Å²) in [5.74, 6) is -0.0697. The molecule has 3 rings (SSSR count). The highest BCUT2D eigenvalue weighted by Crippen LogP contribution is 2.26. The summed E-state index contributed by atoms with van der Waals surface area (Å²) >= 11 is 1.61. The van der Waals surface area contributed by atoms with Crippen LogP contribution in [0.3, 0.4) is 0 Å². The first-order chi connectivity index (χ1) is 9.65. The molecule has 0 saturated heterocycles. The molecule has 0 unspecified atom stereocenters. The number of hydrogen-bond acceptors (Lipinski definition) is 3. The molecule has 4 heteroatoms. The van der Waals surface area contributed by atoms with E-state index in [2.05, 4.69) is 5.10 Å². The van der Waals surface area contributed by atoms with Crippen LogP contribution in [-0.2, 0) is 4.79 Å². The molecular formula is C16H14N2OS. The fourth-order valence-electron chi connectivity index (χ4n) is 2.06. The van der Waals surface area contributed by atoms with Gasteiger partial charge >= 0.3 is 0 Å². The van der Waals surface area contributed by atoms with Gasteiger partial charge in [-0.2, -0.15) is 10.1 Å². The normalized spacial score (nSPS) is 16.9. The van der Waals surface area contributed by atoms with E-state index in [0.717, 1.165) is 21.8 Å². The summed E-state index contributed by atoms with van der Waals surface area (Å²) in [6.07, 6.45) is 1.90. The molecule has 0 fully saturated rings. The molecule has 0 bridgehead atoms. The Morgan fingerprint density at radius 2 is 1.90 bits per heavy atom. The van der Waals surface area contributed by atoms with E-state index < -0.39 is 0 Å². The quantitative estimate of drug-likeness (QED) is 0.770. The molecule has 1 aliphatic rings. The molecule has 20 heavy (non-hydrogen) atoms. The van der Waals surface area contributed by atoms with Gasteiger partial charge < -0.3 is 0 Å².